The number of nitrogens with two attached hydrogens (primary N) is 1. The second-order valence-electron chi connectivity index (χ2n) is 6.45. The highest BCUT2D eigenvalue weighted by atomic mass is 79.9. The lowest BCUT2D eigenvalue weighted by molar-refractivity contribution is -0.136. The number of allylic oxidation sites excluding steroid dienone is 1. The molecule has 0 bridgehead atoms. The minimum atomic E-state index is -0.592. The summed E-state index contributed by atoms with van der Waals surface area (Å²) < 4.78 is 11.0. The molecule has 8 heteroatoms. The van der Waals surface area contributed by atoms with Gasteiger partial charge in [-0.25, -0.2) is 4.79 Å². The molecule has 1 heterocycles. The van der Waals surface area contributed by atoms with Gasteiger partial charge in [0.15, 0.2) is 6.61 Å². The van der Waals surface area contributed by atoms with Crippen molar-refractivity contribution >= 4 is 45.5 Å². The largest absolute Gasteiger partial charge is 0.484 e. The average Bonchev–Trinajstić information content (AvgIpc) is 2.96. The van der Waals surface area contributed by atoms with Crippen LogP contribution in [0.5, 0.6) is 5.75 Å². The predicted octanol–water partition coefficient (Wildman–Crippen LogP) is 3.19. The Labute approximate surface area is 181 Å². The summed E-state index contributed by atoms with van der Waals surface area (Å²) in [6, 6.07) is 14.0. The van der Waals surface area contributed by atoms with Crippen LogP contribution < -0.4 is 15.4 Å². The van der Waals surface area contributed by atoms with Crippen molar-refractivity contribution < 1.29 is 23.9 Å². The maximum Gasteiger partial charge on any atom is 0.340 e. The number of ether oxygens (including phenoxy) is 2. The normalized spacial score (nSPS) is 15.0. The van der Waals surface area contributed by atoms with E-state index in [0.717, 1.165) is 4.47 Å². The topological polar surface area (TPSA) is 98.9 Å². The number of carbonyl (C=O) groups is 3. The number of benzene rings is 2. The van der Waals surface area contributed by atoms with Crippen LogP contribution in [0, 0.1) is 0 Å². The van der Waals surface area contributed by atoms with Crippen molar-refractivity contribution in [3.05, 3.63) is 75.4 Å². The molecule has 0 aliphatic carbocycles. The van der Waals surface area contributed by atoms with Gasteiger partial charge in [0.1, 0.15) is 5.75 Å². The summed E-state index contributed by atoms with van der Waals surface area (Å²) in [6.45, 7) is 1.47. The summed E-state index contributed by atoms with van der Waals surface area (Å²) in [5.74, 6) is -1.04. The van der Waals surface area contributed by atoms with Crippen molar-refractivity contribution in [3.63, 3.8) is 0 Å². The summed E-state index contributed by atoms with van der Waals surface area (Å²) in [5, 5.41) is 0. The first kappa shape index (κ1) is 21.3. The number of nitrogens with zero attached hydrogens (tertiary/aromatic N) is 1. The Hall–Kier alpha value is -3.39. The van der Waals surface area contributed by atoms with Crippen LogP contribution in [-0.4, -0.2) is 31.5 Å². The van der Waals surface area contributed by atoms with Crippen LogP contribution >= 0.6 is 15.9 Å². The number of primary amides is 1. The van der Waals surface area contributed by atoms with Crippen LogP contribution in [0.2, 0.25) is 0 Å². The molecule has 30 heavy (non-hydrogen) atoms. The Balaban J connectivity index is 1.99. The van der Waals surface area contributed by atoms with Crippen LogP contribution in [0.1, 0.15) is 12.5 Å². The molecule has 7 nitrogen and oxygen atoms in total. The van der Waals surface area contributed by atoms with Crippen molar-refractivity contribution in [1.29, 1.82) is 0 Å². The minimum absolute atomic E-state index is 0.205. The molecule has 2 aromatic carbocycles. The molecular weight excluding hydrogens is 452 g/mol. The van der Waals surface area contributed by atoms with Gasteiger partial charge in [0.25, 0.3) is 11.8 Å². The first-order chi connectivity index (χ1) is 14.3. The average molecular weight is 471 g/mol. The number of halogens is 1. The Morgan fingerprint density at radius 2 is 1.87 bits per heavy atom. The van der Waals surface area contributed by atoms with E-state index in [1.54, 1.807) is 49.4 Å². The third kappa shape index (κ3) is 4.44. The predicted molar refractivity (Wildman–Crippen MR) is 115 cm³/mol. The highest BCUT2D eigenvalue weighted by Gasteiger charge is 2.37. The molecule has 0 atom stereocenters. The maximum absolute atomic E-state index is 13.2. The molecule has 1 aliphatic heterocycles. The number of esters is 1. The highest BCUT2D eigenvalue weighted by Crippen LogP contribution is 2.36. The van der Waals surface area contributed by atoms with Gasteiger partial charge in [-0.3, -0.25) is 14.5 Å². The number of anilines is 1. The van der Waals surface area contributed by atoms with Gasteiger partial charge >= 0.3 is 5.97 Å². The molecule has 2 N–H and O–H groups in total. The molecule has 0 spiro atoms. The first-order valence-corrected chi connectivity index (χ1v) is 9.73. The van der Waals surface area contributed by atoms with Crippen LogP contribution in [0.25, 0.3) is 6.08 Å². The van der Waals surface area contributed by atoms with Crippen molar-refractivity contribution in [2.24, 2.45) is 5.73 Å². The molecule has 3 rings (SSSR count). The Kier molecular flexibility index (Phi) is 6.37. The van der Waals surface area contributed by atoms with Crippen molar-refractivity contribution in [3.8, 4) is 5.75 Å². The van der Waals surface area contributed by atoms with Gasteiger partial charge in [-0.15, -0.1) is 0 Å². The van der Waals surface area contributed by atoms with Crippen LogP contribution in [0.15, 0.2) is 69.8 Å². The number of amides is 2. The Morgan fingerprint density at radius 3 is 2.47 bits per heavy atom. The molecule has 154 valence electrons. The monoisotopic (exact) mass is 470 g/mol. The molecule has 2 aromatic rings. The van der Waals surface area contributed by atoms with Gasteiger partial charge in [-0.05, 0) is 48.9 Å². The van der Waals surface area contributed by atoms with E-state index in [1.807, 2.05) is 12.1 Å². The Bertz CT molecular complexity index is 1070. The lowest BCUT2D eigenvalue weighted by Crippen LogP contribution is -2.24. The zero-order chi connectivity index (χ0) is 21.8. The third-order valence-corrected chi connectivity index (χ3v) is 4.92. The van der Waals surface area contributed by atoms with Gasteiger partial charge in [0.2, 0.25) is 0 Å². The highest BCUT2D eigenvalue weighted by molar-refractivity contribution is 9.10. The van der Waals surface area contributed by atoms with Crippen LogP contribution in [0.4, 0.5) is 5.69 Å². The number of methoxy groups -OCH3 is 1. The van der Waals surface area contributed by atoms with E-state index in [1.165, 1.54) is 12.0 Å². The van der Waals surface area contributed by atoms with Crippen molar-refractivity contribution in [2.45, 2.75) is 6.92 Å². The number of hydrogen-bond donors (Lipinski definition) is 1. The maximum atomic E-state index is 13.2. The molecule has 0 fully saturated rings. The second kappa shape index (κ2) is 8.96. The summed E-state index contributed by atoms with van der Waals surface area (Å²) in [7, 11) is 1.28. The van der Waals surface area contributed by atoms with Gasteiger partial charge in [0.05, 0.1) is 23.9 Å². The van der Waals surface area contributed by atoms with E-state index < -0.39 is 11.9 Å². The van der Waals surface area contributed by atoms with Crippen LogP contribution in [0.3, 0.4) is 0 Å². The van der Waals surface area contributed by atoms with Gasteiger partial charge in [0, 0.05) is 10.2 Å². The van der Waals surface area contributed by atoms with Crippen molar-refractivity contribution in [1.82, 2.24) is 0 Å². The summed E-state index contributed by atoms with van der Waals surface area (Å²) in [4.78, 5) is 38.0. The van der Waals surface area contributed by atoms with E-state index in [2.05, 4.69) is 15.9 Å². The summed E-state index contributed by atoms with van der Waals surface area (Å²) in [6.07, 6.45) is 1.62. The van der Waals surface area contributed by atoms with E-state index in [9.17, 15) is 14.4 Å². The van der Waals surface area contributed by atoms with Crippen molar-refractivity contribution in [2.75, 3.05) is 18.6 Å². The lowest BCUT2D eigenvalue weighted by atomic mass is 10.0. The number of carbonyl (C=O) groups excluding carboxylic acids is 3. The molecule has 2 amide bonds. The fourth-order valence-corrected chi connectivity index (χ4v) is 3.47. The molecule has 0 aromatic heterocycles. The van der Waals surface area contributed by atoms with E-state index in [0.29, 0.717) is 22.7 Å². The number of hydrogen-bond acceptors (Lipinski definition) is 5. The summed E-state index contributed by atoms with van der Waals surface area (Å²) >= 11 is 3.40. The van der Waals surface area contributed by atoms with Gasteiger partial charge in [-0.2, -0.15) is 0 Å². The standard InChI is InChI=1S/C22H19BrN2O5/c1-13-20(22(28)29-2)18(21(27)25(13)16-5-3-4-15(23)11-16)10-14-6-8-17(9-7-14)30-12-19(24)26/h3-11H,12H2,1-2H3,(H2,24,26)/b18-10-. The van der Waals surface area contributed by atoms with Gasteiger partial charge in [-0.1, -0.05) is 34.1 Å². The third-order valence-electron chi connectivity index (χ3n) is 4.43. The molecular formula is C22H19BrN2O5. The molecule has 0 saturated carbocycles. The fourth-order valence-electron chi connectivity index (χ4n) is 3.09. The van der Waals surface area contributed by atoms with Crippen LogP contribution in [-0.2, 0) is 19.1 Å². The minimum Gasteiger partial charge on any atom is -0.484 e. The van der Waals surface area contributed by atoms with E-state index in [4.69, 9.17) is 15.2 Å². The molecule has 1 aliphatic rings. The zero-order valence-electron chi connectivity index (χ0n) is 16.3. The zero-order valence-corrected chi connectivity index (χ0v) is 17.9. The summed E-state index contributed by atoms with van der Waals surface area (Å²) in [5.41, 5.74) is 7.29. The molecule has 0 saturated heterocycles. The quantitative estimate of drug-likeness (QED) is 0.516. The lowest BCUT2D eigenvalue weighted by Gasteiger charge is -2.18. The molecule has 0 unspecified atom stereocenters. The van der Waals surface area contributed by atoms with E-state index in [-0.39, 0.29) is 23.7 Å². The number of rotatable bonds is 6. The van der Waals surface area contributed by atoms with Gasteiger partial charge < -0.3 is 15.2 Å². The SMILES string of the molecule is COC(=O)C1=C(C)N(c2cccc(Br)c2)C(=O)/C1=C\c1ccc(OCC(N)=O)cc1. The first-order valence-electron chi connectivity index (χ1n) is 8.94. The second-order valence-corrected chi connectivity index (χ2v) is 7.37. The molecule has 0 radical (unpaired) electrons. The smallest absolute Gasteiger partial charge is 0.340 e. The van der Waals surface area contributed by atoms with E-state index >= 15 is 0 Å². The fraction of sp³-hybridized carbons (Fsp3) is 0.136. The Morgan fingerprint density at radius 1 is 1.17 bits per heavy atom.